The highest BCUT2D eigenvalue weighted by atomic mass is 32.2. The van der Waals surface area contributed by atoms with Crippen LogP contribution < -0.4 is 5.32 Å². The van der Waals surface area contributed by atoms with Crippen molar-refractivity contribution in [1.82, 2.24) is 9.62 Å². The number of morpholine rings is 1. The summed E-state index contributed by atoms with van der Waals surface area (Å²) >= 11 is 0. The zero-order chi connectivity index (χ0) is 19.5. The zero-order valence-electron chi connectivity index (χ0n) is 15.0. The van der Waals surface area contributed by atoms with Crippen LogP contribution in [0.1, 0.15) is 42.5 Å². The molecule has 148 valence electrons. The summed E-state index contributed by atoms with van der Waals surface area (Å²) in [6, 6.07) is 5.60. The lowest BCUT2D eigenvalue weighted by atomic mass is 9.81. The minimum absolute atomic E-state index is 0.103. The van der Waals surface area contributed by atoms with Crippen molar-refractivity contribution >= 4 is 21.9 Å². The van der Waals surface area contributed by atoms with Gasteiger partial charge in [-0.3, -0.25) is 4.79 Å². The Labute approximate surface area is 158 Å². The lowest BCUT2D eigenvalue weighted by Crippen LogP contribution is -2.55. The fourth-order valence-electron chi connectivity index (χ4n) is 3.55. The Morgan fingerprint density at radius 2 is 1.63 bits per heavy atom. The fraction of sp³-hybridized carbons (Fsp3) is 0.556. The number of sulfonamides is 1. The molecule has 1 aromatic carbocycles. The standard InChI is InChI=1S/C18H24N2O6S/c21-16(19-18(17(22)23)8-2-1-3-9-18)14-4-6-15(7-5-14)27(24,25)20-10-12-26-13-11-20/h4-7H,1-3,8-13H2,(H,19,21)(H,22,23). The minimum atomic E-state index is -3.63. The maximum absolute atomic E-state index is 12.6. The summed E-state index contributed by atoms with van der Waals surface area (Å²) in [4.78, 5) is 24.3. The molecular formula is C18H24N2O6S. The van der Waals surface area contributed by atoms with E-state index in [1.54, 1.807) is 0 Å². The molecular weight excluding hydrogens is 372 g/mol. The van der Waals surface area contributed by atoms with E-state index in [9.17, 15) is 23.1 Å². The zero-order valence-corrected chi connectivity index (χ0v) is 15.8. The van der Waals surface area contributed by atoms with Gasteiger partial charge in [-0.1, -0.05) is 19.3 Å². The number of rotatable bonds is 5. The molecule has 9 heteroatoms. The molecule has 2 N–H and O–H groups in total. The van der Waals surface area contributed by atoms with Gasteiger partial charge in [-0.15, -0.1) is 0 Å². The van der Waals surface area contributed by atoms with Crippen LogP contribution in [-0.2, 0) is 19.6 Å². The first-order chi connectivity index (χ1) is 12.8. The third-order valence-corrected chi connectivity index (χ3v) is 7.11. The van der Waals surface area contributed by atoms with Gasteiger partial charge in [-0.05, 0) is 37.1 Å². The van der Waals surface area contributed by atoms with E-state index in [0.29, 0.717) is 39.1 Å². The van der Waals surface area contributed by atoms with Gasteiger partial charge in [0.25, 0.3) is 5.91 Å². The number of carboxylic acids is 1. The molecule has 1 heterocycles. The molecule has 1 amide bonds. The Morgan fingerprint density at radius 3 is 2.19 bits per heavy atom. The number of nitrogens with one attached hydrogen (secondary N) is 1. The van der Waals surface area contributed by atoms with Gasteiger partial charge in [0, 0.05) is 18.7 Å². The second-order valence-corrected chi connectivity index (χ2v) is 8.88. The smallest absolute Gasteiger partial charge is 0.329 e. The molecule has 0 radical (unpaired) electrons. The van der Waals surface area contributed by atoms with Gasteiger partial charge in [0.1, 0.15) is 5.54 Å². The largest absolute Gasteiger partial charge is 0.480 e. The van der Waals surface area contributed by atoms with Crippen LogP contribution in [0.2, 0.25) is 0 Å². The second-order valence-electron chi connectivity index (χ2n) is 6.94. The average molecular weight is 396 g/mol. The number of hydrogen-bond donors (Lipinski definition) is 2. The van der Waals surface area contributed by atoms with Gasteiger partial charge in [-0.2, -0.15) is 4.31 Å². The average Bonchev–Trinajstić information content (AvgIpc) is 2.69. The molecule has 3 rings (SSSR count). The van der Waals surface area contributed by atoms with Crippen molar-refractivity contribution in [1.29, 1.82) is 0 Å². The molecule has 1 saturated carbocycles. The van der Waals surface area contributed by atoms with E-state index in [1.165, 1.54) is 28.6 Å². The number of aliphatic carboxylic acids is 1. The number of hydrogen-bond acceptors (Lipinski definition) is 5. The van der Waals surface area contributed by atoms with Gasteiger partial charge in [-0.25, -0.2) is 13.2 Å². The summed E-state index contributed by atoms with van der Waals surface area (Å²) in [6.07, 6.45) is 3.26. The number of benzene rings is 1. The molecule has 0 atom stereocenters. The third-order valence-electron chi connectivity index (χ3n) is 5.19. The van der Waals surface area contributed by atoms with Crippen LogP contribution in [0.15, 0.2) is 29.2 Å². The molecule has 0 bridgehead atoms. The lowest BCUT2D eigenvalue weighted by Gasteiger charge is -2.34. The highest BCUT2D eigenvalue weighted by Gasteiger charge is 2.41. The molecule has 8 nitrogen and oxygen atoms in total. The van der Waals surface area contributed by atoms with E-state index in [4.69, 9.17) is 4.74 Å². The lowest BCUT2D eigenvalue weighted by molar-refractivity contribution is -0.145. The molecule has 2 aliphatic rings. The van der Waals surface area contributed by atoms with Crippen molar-refractivity contribution in [2.75, 3.05) is 26.3 Å². The fourth-order valence-corrected chi connectivity index (χ4v) is 4.96. The summed E-state index contributed by atoms with van der Waals surface area (Å²) in [5.41, 5.74) is -1.00. The van der Waals surface area contributed by atoms with E-state index in [1.807, 2.05) is 0 Å². The van der Waals surface area contributed by atoms with Gasteiger partial charge in [0.2, 0.25) is 10.0 Å². The first-order valence-corrected chi connectivity index (χ1v) is 10.5. The molecule has 27 heavy (non-hydrogen) atoms. The summed E-state index contributed by atoms with van der Waals surface area (Å²) in [6.45, 7) is 1.31. The number of carbonyl (C=O) groups is 2. The Morgan fingerprint density at radius 1 is 1.04 bits per heavy atom. The van der Waals surface area contributed by atoms with Crippen LogP contribution in [0, 0.1) is 0 Å². The molecule has 0 spiro atoms. The van der Waals surface area contributed by atoms with Crippen molar-refractivity contribution in [2.45, 2.75) is 42.5 Å². The molecule has 1 aliphatic heterocycles. The van der Waals surface area contributed by atoms with E-state index >= 15 is 0 Å². The van der Waals surface area contributed by atoms with Gasteiger partial charge >= 0.3 is 5.97 Å². The van der Waals surface area contributed by atoms with Gasteiger partial charge < -0.3 is 15.2 Å². The predicted molar refractivity (Wildman–Crippen MR) is 96.9 cm³/mol. The topological polar surface area (TPSA) is 113 Å². The molecule has 2 fully saturated rings. The van der Waals surface area contributed by atoms with Crippen molar-refractivity contribution < 1.29 is 27.9 Å². The van der Waals surface area contributed by atoms with Gasteiger partial charge in [0.05, 0.1) is 18.1 Å². The number of ether oxygens (including phenoxy) is 1. The second kappa shape index (κ2) is 7.95. The van der Waals surface area contributed by atoms with Crippen LogP contribution in [0.25, 0.3) is 0 Å². The van der Waals surface area contributed by atoms with E-state index in [-0.39, 0.29) is 10.5 Å². The van der Waals surface area contributed by atoms with E-state index < -0.39 is 27.4 Å². The van der Waals surface area contributed by atoms with Crippen molar-refractivity contribution in [3.05, 3.63) is 29.8 Å². The molecule has 0 unspecified atom stereocenters. The number of amides is 1. The Bertz CT molecular complexity index is 794. The third kappa shape index (κ3) is 4.15. The highest BCUT2D eigenvalue weighted by Crippen LogP contribution is 2.29. The van der Waals surface area contributed by atoms with Crippen LogP contribution in [0.3, 0.4) is 0 Å². The van der Waals surface area contributed by atoms with Crippen LogP contribution >= 0.6 is 0 Å². The molecule has 0 aromatic heterocycles. The van der Waals surface area contributed by atoms with Gasteiger partial charge in [0.15, 0.2) is 0 Å². The Hall–Kier alpha value is -1.97. The summed E-state index contributed by atoms with van der Waals surface area (Å²) in [5, 5.41) is 12.2. The van der Waals surface area contributed by atoms with Crippen molar-refractivity contribution in [3.8, 4) is 0 Å². The van der Waals surface area contributed by atoms with Crippen molar-refractivity contribution in [2.24, 2.45) is 0 Å². The van der Waals surface area contributed by atoms with Crippen LogP contribution in [0.4, 0.5) is 0 Å². The van der Waals surface area contributed by atoms with E-state index in [2.05, 4.69) is 5.32 Å². The Balaban J connectivity index is 1.74. The first kappa shape index (κ1) is 19.8. The Kier molecular flexibility index (Phi) is 5.83. The monoisotopic (exact) mass is 396 g/mol. The summed E-state index contributed by atoms with van der Waals surface area (Å²) < 4.78 is 31.8. The quantitative estimate of drug-likeness (QED) is 0.774. The van der Waals surface area contributed by atoms with E-state index in [0.717, 1.165) is 19.3 Å². The number of carboxylic acid groups (broad SMARTS) is 1. The molecule has 1 aromatic rings. The summed E-state index contributed by atoms with van der Waals surface area (Å²) in [7, 11) is -3.63. The van der Waals surface area contributed by atoms with Crippen LogP contribution in [-0.4, -0.2) is 61.5 Å². The van der Waals surface area contributed by atoms with Crippen LogP contribution in [0.5, 0.6) is 0 Å². The first-order valence-electron chi connectivity index (χ1n) is 9.09. The number of nitrogens with zero attached hydrogens (tertiary/aromatic N) is 1. The minimum Gasteiger partial charge on any atom is -0.480 e. The molecule has 1 aliphatic carbocycles. The summed E-state index contributed by atoms with van der Waals surface area (Å²) in [5.74, 6) is -1.53. The van der Waals surface area contributed by atoms with Crippen molar-refractivity contribution in [3.63, 3.8) is 0 Å². The maximum Gasteiger partial charge on any atom is 0.329 e. The SMILES string of the molecule is O=C(NC1(C(=O)O)CCCCC1)c1ccc(S(=O)(=O)N2CCOCC2)cc1. The normalized spacial score (nSPS) is 20.7. The predicted octanol–water partition coefficient (Wildman–Crippen LogP) is 1.22. The molecule has 1 saturated heterocycles. The maximum atomic E-state index is 12.6. The number of carbonyl (C=O) groups excluding carboxylic acids is 1. The highest BCUT2D eigenvalue weighted by molar-refractivity contribution is 7.89.